The van der Waals surface area contributed by atoms with Crippen molar-refractivity contribution in [3.63, 3.8) is 0 Å². The number of hydrogen-bond acceptors (Lipinski definition) is 1. The molecule has 0 saturated carbocycles. The molecule has 2 aliphatic heterocycles. The van der Waals surface area contributed by atoms with E-state index in [9.17, 15) is 0 Å². The number of alkyl halides is 1. The first-order valence-electron chi connectivity index (χ1n) is 3.25. The average Bonchev–Trinajstić information content (AvgIpc) is 2.21. The number of rotatable bonds is 0. The zero-order chi connectivity index (χ0) is 5.61. The van der Waals surface area contributed by atoms with E-state index in [2.05, 4.69) is 21.2 Å². The largest absolute Gasteiger partial charge is 0.299 e. The van der Waals surface area contributed by atoms with Gasteiger partial charge in [0.05, 0.1) is 4.45 Å². The van der Waals surface area contributed by atoms with Gasteiger partial charge in [0.2, 0.25) is 0 Å². The number of halogens is 1. The summed E-state index contributed by atoms with van der Waals surface area (Å²) in [6.45, 7) is 0. The lowest BCUT2D eigenvalue weighted by molar-refractivity contribution is 0.553. The molecule has 0 unspecified atom stereocenters. The van der Waals surface area contributed by atoms with Crippen LogP contribution in [0.15, 0.2) is 0 Å². The highest BCUT2D eigenvalue weighted by atomic mass is 79.9. The maximum atomic E-state index is 3.68. The van der Waals surface area contributed by atoms with Gasteiger partial charge in [-0.25, -0.2) is 0 Å². The molecule has 2 heteroatoms. The van der Waals surface area contributed by atoms with Crippen molar-refractivity contribution < 1.29 is 0 Å². The summed E-state index contributed by atoms with van der Waals surface area (Å²) < 4.78 is 0.373. The van der Waals surface area contributed by atoms with Gasteiger partial charge in [0, 0.05) is 6.04 Å². The van der Waals surface area contributed by atoms with E-state index in [4.69, 9.17) is 0 Å². The van der Waals surface area contributed by atoms with E-state index < -0.39 is 0 Å². The molecular formula is C6H10BrN. The molecule has 0 aromatic rings. The highest BCUT2D eigenvalue weighted by molar-refractivity contribution is 9.10. The Morgan fingerprint density at radius 1 is 1.38 bits per heavy atom. The summed E-state index contributed by atoms with van der Waals surface area (Å²) in [7, 11) is 0. The minimum Gasteiger partial charge on any atom is -0.299 e. The van der Waals surface area contributed by atoms with Crippen LogP contribution in [0.1, 0.15) is 25.7 Å². The number of hydrogen-bond donors (Lipinski definition) is 1. The van der Waals surface area contributed by atoms with Gasteiger partial charge in [0.25, 0.3) is 0 Å². The molecule has 0 aromatic carbocycles. The average molecular weight is 176 g/mol. The fourth-order valence-corrected chi connectivity index (χ4v) is 2.51. The van der Waals surface area contributed by atoms with Crippen molar-refractivity contribution in [1.82, 2.24) is 5.32 Å². The van der Waals surface area contributed by atoms with Gasteiger partial charge in [-0.2, -0.15) is 0 Å². The Hall–Kier alpha value is 0.440. The van der Waals surface area contributed by atoms with Crippen LogP contribution in [0.4, 0.5) is 0 Å². The number of fused-ring (bicyclic) bond motifs is 2. The molecule has 1 nitrogen and oxygen atoms in total. The van der Waals surface area contributed by atoms with E-state index in [-0.39, 0.29) is 0 Å². The molecular weight excluding hydrogens is 166 g/mol. The summed E-state index contributed by atoms with van der Waals surface area (Å²) >= 11 is 3.68. The Labute approximate surface area is 58.0 Å². The molecule has 8 heavy (non-hydrogen) atoms. The van der Waals surface area contributed by atoms with Gasteiger partial charge < -0.3 is 0 Å². The molecule has 0 aromatic heterocycles. The van der Waals surface area contributed by atoms with Crippen molar-refractivity contribution in [2.45, 2.75) is 36.2 Å². The van der Waals surface area contributed by atoms with E-state index in [1.165, 1.54) is 25.7 Å². The molecule has 0 aliphatic carbocycles. The molecule has 0 radical (unpaired) electrons. The van der Waals surface area contributed by atoms with Crippen LogP contribution in [0.25, 0.3) is 0 Å². The van der Waals surface area contributed by atoms with Crippen molar-refractivity contribution in [3.05, 3.63) is 0 Å². The summed E-state index contributed by atoms with van der Waals surface area (Å²) in [5.41, 5.74) is 0. The molecule has 2 bridgehead atoms. The molecule has 2 heterocycles. The van der Waals surface area contributed by atoms with Crippen molar-refractivity contribution in [1.29, 1.82) is 0 Å². The third-order valence-corrected chi connectivity index (χ3v) is 3.26. The predicted octanol–water partition coefficient (Wildman–Crippen LogP) is 1.62. The van der Waals surface area contributed by atoms with Gasteiger partial charge >= 0.3 is 0 Å². The van der Waals surface area contributed by atoms with Crippen LogP contribution < -0.4 is 5.32 Å². The first-order chi connectivity index (χ1) is 3.79. The van der Waals surface area contributed by atoms with E-state index >= 15 is 0 Å². The molecule has 2 rings (SSSR count). The second kappa shape index (κ2) is 1.48. The summed E-state index contributed by atoms with van der Waals surface area (Å²) in [6, 6.07) is 0.842. The quantitative estimate of drug-likeness (QED) is 0.436. The molecule has 1 N–H and O–H groups in total. The predicted molar refractivity (Wildman–Crippen MR) is 37.0 cm³/mol. The van der Waals surface area contributed by atoms with Crippen molar-refractivity contribution in [3.8, 4) is 0 Å². The minimum absolute atomic E-state index is 0.373. The van der Waals surface area contributed by atoms with Gasteiger partial charge in [-0.3, -0.25) is 5.32 Å². The Kier molecular flexibility index (Phi) is 0.970. The Balaban J connectivity index is 2.19. The van der Waals surface area contributed by atoms with Gasteiger partial charge in [0.1, 0.15) is 0 Å². The second-order valence-corrected chi connectivity index (χ2v) is 4.40. The Bertz CT molecular complexity index is 105. The lowest BCUT2D eigenvalue weighted by Crippen LogP contribution is -2.28. The zero-order valence-corrected chi connectivity index (χ0v) is 6.37. The third-order valence-electron chi connectivity index (χ3n) is 2.24. The van der Waals surface area contributed by atoms with Crippen LogP contribution >= 0.6 is 15.9 Å². The van der Waals surface area contributed by atoms with E-state index in [0.717, 1.165) is 6.04 Å². The SMILES string of the molecule is BrC12CCC(CC1)N2. The highest BCUT2D eigenvalue weighted by Crippen LogP contribution is 2.41. The summed E-state index contributed by atoms with van der Waals surface area (Å²) in [5, 5.41) is 3.52. The topological polar surface area (TPSA) is 12.0 Å². The van der Waals surface area contributed by atoms with E-state index in [1.807, 2.05) is 0 Å². The van der Waals surface area contributed by atoms with Gasteiger partial charge in [-0.05, 0) is 25.7 Å². The van der Waals surface area contributed by atoms with Gasteiger partial charge in [0.15, 0.2) is 0 Å². The standard InChI is InChI=1S/C6H10BrN/c7-6-3-1-5(8-6)2-4-6/h5,8H,1-4H2. The Morgan fingerprint density at radius 3 is 2.12 bits per heavy atom. The lowest BCUT2D eigenvalue weighted by Gasteiger charge is -2.15. The van der Waals surface area contributed by atoms with Gasteiger partial charge in [-0.15, -0.1) is 0 Å². The van der Waals surface area contributed by atoms with Crippen LogP contribution in [0.2, 0.25) is 0 Å². The second-order valence-electron chi connectivity index (χ2n) is 2.88. The molecule has 0 amide bonds. The molecule has 2 fully saturated rings. The fourth-order valence-electron chi connectivity index (χ4n) is 1.73. The third kappa shape index (κ3) is 0.627. The Morgan fingerprint density at radius 2 is 2.00 bits per heavy atom. The van der Waals surface area contributed by atoms with Crippen LogP contribution in [0.3, 0.4) is 0 Å². The normalized spacial score (nSPS) is 52.9. The molecule has 0 atom stereocenters. The highest BCUT2D eigenvalue weighted by Gasteiger charge is 2.41. The monoisotopic (exact) mass is 175 g/mol. The fraction of sp³-hybridized carbons (Fsp3) is 1.00. The number of nitrogens with one attached hydrogen (secondary N) is 1. The van der Waals surface area contributed by atoms with E-state index in [1.54, 1.807) is 0 Å². The van der Waals surface area contributed by atoms with Crippen LogP contribution in [0, 0.1) is 0 Å². The lowest BCUT2D eigenvalue weighted by atomic mass is 10.0. The summed E-state index contributed by atoms with van der Waals surface area (Å²) in [4.78, 5) is 0. The van der Waals surface area contributed by atoms with E-state index in [0.29, 0.717) is 4.45 Å². The molecule has 2 saturated heterocycles. The van der Waals surface area contributed by atoms with Crippen molar-refractivity contribution >= 4 is 15.9 Å². The van der Waals surface area contributed by atoms with Crippen molar-refractivity contribution in [2.75, 3.05) is 0 Å². The minimum atomic E-state index is 0.373. The smallest absolute Gasteiger partial charge is 0.0745 e. The zero-order valence-electron chi connectivity index (χ0n) is 4.78. The maximum absolute atomic E-state index is 3.68. The van der Waals surface area contributed by atoms with Gasteiger partial charge in [-0.1, -0.05) is 15.9 Å². The molecule has 46 valence electrons. The van der Waals surface area contributed by atoms with Crippen LogP contribution in [-0.2, 0) is 0 Å². The molecule has 2 aliphatic rings. The first kappa shape index (κ1) is 5.24. The first-order valence-corrected chi connectivity index (χ1v) is 4.04. The molecule has 0 spiro atoms. The maximum Gasteiger partial charge on any atom is 0.0745 e. The van der Waals surface area contributed by atoms with Crippen LogP contribution in [0.5, 0.6) is 0 Å². The van der Waals surface area contributed by atoms with Crippen LogP contribution in [-0.4, -0.2) is 10.5 Å². The summed E-state index contributed by atoms with van der Waals surface area (Å²) in [5.74, 6) is 0. The van der Waals surface area contributed by atoms with Crippen molar-refractivity contribution in [2.24, 2.45) is 0 Å². The summed E-state index contributed by atoms with van der Waals surface area (Å²) in [6.07, 6.45) is 5.42.